The molecular formula is C23H28N2O6S. The van der Waals surface area contributed by atoms with Crippen molar-refractivity contribution in [3.63, 3.8) is 0 Å². The molecule has 0 heterocycles. The molecule has 32 heavy (non-hydrogen) atoms. The van der Waals surface area contributed by atoms with Gasteiger partial charge < -0.3 is 9.53 Å². The van der Waals surface area contributed by atoms with Gasteiger partial charge in [-0.1, -0.05) is 31.0 Å². The molecule has 2 aromatic rings. The quantitative estimate of drug-likeness (QED) is 0.318. The zero-order chi connectivity index (χ0) is 24.2. The Hall–Kier alpha value is -3.19. The second kappa shape index (κ2) is 12.6. The van der Waals surface area contributed by atoms with Gasteiger partial charge in [0.05, 0.1) is 17.2 Å². The van der Waals surface area contributed by atoms with E-state index in [0.29, 0.717) is 24.5 Å². The number of sulfone groups is 1. The van der Waals surface area contributed by atoms with E-state index in [1.807, 2.05) is 31.9 Å². The Morgan fingerprint density at radius 3 is 2.22 bits per heavy atom. The van der Waals surface area contributed by atoms with E-state index < -0.39 is 27.0 Å². The second-order valence-electron chi connectivity index (χ2n) is 6.99. The average Bonchev–Trinajstić information content (AvgIpc) is 2.80. The maximum atomic E-state index is 13.1. The molecule has 0 radical (unpaired) electrons. The Bertz CT molecular complexity index is 1000. The number of hydroxylamine groups is 1. The summed E-state index contributed by atoms with van der Waals surface area (Å²) >= 11 is 0. The molecule has 0 bridgehead atoms. The summed E-state index contributed by atoms with van der Waals surface area (Å²) in [4.78, 5) is 22.0. The first kappa shape index (κ1) is 26.8. The molecule has 0 fully saturated rings. The molecule has 0 aliphatic carbocycles. The summed E-state index contributed by atoms with van der Waals surface area (Å²) < 4.78 is 31.8. The fraction of sp³-hybridized carbons (Fsp3) is 0.304. The summed E-state index contributed by atoms with van der Waals surface area (Å²) in [6.45, 7) is 5.81. The molecule has 2 aromatic carbocycles. The number of rotatable bonds is 10. The summed E-state index contributed by atoms with van der Waals surface area (Å²) in [5.41, 5.74) is 0.0332. The Morgan fingerprint density at radius 1 is 1.16 bits per heavy atom. The third-order valence-electron chi connectivity index (χ3n) is 4.70. The molecule has 0 aliphatic heterocycles. The van der Waals surface area contributed by atoms with Gasteiger partial charge in [-0.2, -0.15) is 0 Å². The lowest BCUT2D eigenvalue weighted by Gasteiger charge is -2.37. The van der Waals surface area contributed by atoms with Gasteiger partial charge in [-0.15, -0.1) is 6.42 Å². The summed E-state index contributed by atoms with van der Waals surface area (Å²) in [7, 11) is -3.88. The third kappa shape index (κ3) is 6.92. The van der Waals surface area contributed by atoms with Crippen LogP contribution in [-0.2, 0) is 19.4 Å². The normalized spacial score (nSPS) is 12.6. The first-order chi connectivity index (χ1) is 15.3. The molecule has 8 nitrogen and oxygen atoms in total. The zero-order valence-electron chi connectivity index (χ0n) is 18.2. The maximum Gasteiger partial charge on any atom is 0.264 e. The second-order valence-corrected chi connectivity index (χ2v) is 8.98. The van der Waals surface area contributed by atoms with Gasteiger partial charge in [0.25, 0.3) is 5.91 Å². The van der Waals surface area contributed by atoms with Crippen molar-refractivity contribution < 1.29 is 28.0 Å². The van der Waals surface area contributed by atoms with E-state index in [1.165, 1.54) is 19.1 Å². The lowest BCUT2D eigenvalue weighted by Crippen LogP contribution is -2.60. The third-order valence-corrected chi connectivity index (χ3v) is 6.63. The number of carbonyl (C=O) groups is 2. The molecule has 0 spiro atoms. The van der Waals surface area contributed by atoms with Gasteiger partial charge in [-0.3, -0.25) is 14.9 Å². The Balaban J connectivity index is 0.00000249. The predicted octanol–water partition coefficient (Wildman–Crippen LogP) is 2.68. The number of nitrogens with zero attached hydrogens (tertiary/aromatic N) is 1. The molecule has 172 valence electrons. The van der Waals surface area contributed by atoms with Crippen molar-refractivity contribution >= 4 is 22.5 Å². The molecule has 0 aromatic heterocycles. The van der Waals surface area contributed by atoms with Crippen molar-refractivity contribution in [3.05, 3.63) is 54.6 Å². The first-order valence-corrected chi connectivity index (χ1v) is 11.4. The van der Waals surface area contributed by atoms with Crippen LogP contribution in [-0.4, -0.2) is 55.6 Å². The lowest BCUT2D eigenvalue weighted by molar-refractivity contribution is -0.139. The Kier molecular flexibility index (Phi) is 10.6. The molecule has 0 unspecified atom stereocenters. The predicted molar refractivity (Wildman–Crippen MR) is 121 cm³/mol. The number of nitrogens with one attached hydrogen (secondary N) is 1. The molecule has 1 amide bonds. The van der Waals surface area contributed by atoms with E-state index in [9.17, 15) is 18.4 Å². The van der Waals surface area contributed by atoms with Crippen LogP contribution >= 0.6 is 0 Å². The molecule has 2 rings (SSSR count). The number of hydrogen-bond donors (Lipinski definition) is 2. The zero-order valence-corrected chi connectivity index (χ0v) is 19.0. The van der Waals surface area contributed by atoms with Gasteiger partial charge >= 0.3 is 0 Å². The molecule has 0 aliphatic rings. The summed E-state index contributed by atoms with van der Waals surface area (Å²) in [6.07, 6.45) is 6.06. The number of para-hydroxylation sites is 1. The van der Waals surface area contributed by atoms with Gasteiger partial charge in [-0.25, -0.2) is 13.9 Å². The van der Waals surface area contributed by atoms with Crippen molar-refractivity contribution in [3.8, 4) is 23.8 Å². The van der Waals surface area contributed by atoms with Gasteiger partial charge in [0.2, 0.25) is 0 Å². The van der Waals surface area contributed by atoms with Gasteiger partial charge in [0.15, 0.2) is 9.84 Å². The van der Waals surface area contributed by atoms with Gasteiger partial charge in [0.1, 0.15) is 23.8 Å². The van der Waals surface area contributed by atoms with Crippen molar-refractivity contribution in [2.75, 3.05) is 18.8 Å². The lowest BCUT2D eigenvalue weighted by atomic mass is 10.0. The average molecular weight is 461 g/mol. The van der Waals surface area contributed by atoms with E-state index >= 15 is 0 Å². The molecule has 1 atom stereocenters. The topological polar surface area (TPSA) is 113 Å². The smallest absolute Gasteiger partial charge is 0.264 e. The molecule has 9 heteroatoms. The van der Waals surface area contributed by atoms with Crippen molar-refractivity contribution in [1.29, 1.82) is 0 Å². The van der Waals surface area contributed by atoms with E-state index in [0.717, 1.165) is 0 Å². The van der Waals surface area contributed by atoms with Gasteiger partial charge in [-0.05, 0) is 56.3 Å². The maximum absolute atomic E-state index is 13.1. The molecule has 0 saturated carbocycles. The van der Waals surface area contributed by atoms with Crippen LogP contribution in [0, 0.1) is 12.3 Å². The highest BCUT2D eigenvalue weighted by Crippen LogP contribution is 2.26. The largest absolute Gasteiger partial charge is 0.457 e. The highest BCUT2D eigenvalue weighted by Gasteiger charge is 2.43. The fourth-order valence-corrected chi connectivity index (χ4v) is 4.87. The first-order valence-electron chi connectivity index (χ1n) is 9.74. The standard InChI is InChI=1S/C22H26N2O5S.CH2O/c1-4-15-24(16-5-2)22(3,21(25)23-26)17-30(27,28)20-13-11-19(12-14-20)29-18-9-7-6-8-10-18;1-2/h1,6-14,26H,5,15-17H2,2-3H3,(H,23,25);1H2/t22-;/m1./s1. The van der Waals surface area contributed by atoms with Crippen molar-refractivity contribution in [2.24, 2.45) is 0 Å². The van der Waals surface area contributed by atoms with Crippen LogP contribution in [0.3, 0.4) is 0 Å². The summed E-state index contributed by atoms with van der Waals surface area (Å²) in [5, 5.41) is 9.21. The number of terminal acetylenes is 1. The van der Waals surface area contributed by atoms with Crippen LogP contribution in [0.25, 0.3) is 0 Å². The Morgan fingerprint density at radius 2 is 1.72 bits per heavy atom. The number of ether oxygens (including phenoxy) is 1. The minimum absolute atomic E-state index is 0.0389. The van der Waals surface area contributed by atoms with Crippen LogP contribution < -0.4 is 10.2 Å². The van der Waals surface area contributed by atoms with Crippen LogP contribution in [0.2, 0.25) is 0 Å². The summed E-state index contributed by atoms with van der Waals surface area (Å²) in [5.74, 6) is 2.18. The number of carbonyl (C=O) groups excluding carboxylic acids is 2. The fourth-order valence-electron chi connectivity index (χ4n) is 3.09. The van der Waals surface area contributed by atoms with Gasteiger partial charge in [0, 0.05) is 0 Å². The Labute approximate surface area is 189 Å². The van der Waals surface area contributed by atoms with Crippen LogP contribution in [0.5, 0.6) is 11.5 Å². The number of hydrogen-bond acceptors (Lipinski definition) is 7. The highest BCUT2D eigenvalue weighted by molar-refractivity contribution is 7.91. The van der Waals surface area contributed by atoms with Crippen molar-refractivity contribution in [2.45, 2.75) is 30.7 Å². The van der Waals surface area contributed by atoms with Crippen LogP contribution in [0.1, 0.15) is 20.3 Å². The van der Waals surface area contributed by atoms with Crippen LogP contribution in [0.15, 0.2) is 59.5 Å². The number of benzene rings is 2. The molecule has 2 N–H and O–H groups in total. The van der Waals surface area contributed by atoms with Crippen molar-refractivity contribution in [1.82, 2.24) is 10.4 Å². The van der Waals surface area contributed by atoms with E-state index in [4.69, 9.17) is 16.0 Å². The molecular weight excluding hydrogens is 432 g/mol. The van der Waals surface area contributed by atoms with Crippen LogP contribution in [0.4, 0.5) is 0 Å². The van der Waals surface area contributed by atoms with E-state index in [-0.39, 0.29) is 11.4 Å². The van der Waals surface area contributed by atoms with E-state index in [2.05, 4.69) is 5.92 Å². The summed E-state index contributed by atoms with van der Waals surface area (Å²) in [6, 6.07) is 15.1. The SMILES string of the molecule is C#CCN(CCC)[C@](C)(CS(=O)(=O)c1ccc(Oc2ccccc2)cc1)C(=O)NO.C=O. The monoisotopic (exact) mass is 460 g/mol. The highest BCUT2D eigenvalue weighted by atomic mass is 32.2. The minimum atomic E-state index is -3.88. The minimum Gasteiger partial charge on any atom is -0.457 e. The molecule has 0 saturated heterocycles. The van der Waals surface area contributed by atoms with E-state index in [1.54, 1.807) is 34.6 Å². The number of amides is 1.